The Labute approximate surface area is 106 Å². The molecule has 1 heteroatoms. The van der Waals surface area contributed by atoms with Crippen molar-refractivity contribution in [2.75, 3.05) is 7.05 Å². The van der Waals surface area contributed by atoms with Crippen LogP contribution in [0.4, 0.5) is 0 Å². The molecule has 2 rings (SSSR count). The highest BCUT2D eigenvalue weighted by molar-refractivity contribution is 5.32. The van der Waals surface area contributed by atoms with Gasteiger partial charge in [0.25, 0.3) is 0 Å². The van der Waals surface area contributed by atoms with Gasteiger partial charge in [-0.15, -0.1) is 0 Å². The van der Waals surface area contributed by atoms with Crippen LogP contribution in [-0.4, -0.2) is 7.05 Å². The Morgan fingerprint density at radius 3 is 2.82 bits per heavy atom. The van der Waals surface area contributed by atoms with E-state index in [1.54, 1.807) is 5.56 Å². The Morgan fingerprint density at radius 2 is 2.12 bits per heavy atom. The van der Waals surface area contributed by atoms with Crippen LogP contribution in [0.5, 0.6) is 0 Å². The lowest BCUT2D eigenvalue weighted by atomic mass is 9.76. The lowest BCUT2D eigenvalue weighted by Crippen LogP contribution is -2.31. The summed E-state index contributed by atoms with van der Waals surface area (Å²) in [5, 5.41) is 3.54. The molecule has 0 radical (unpaired) electrons. The van der Waals surface area contributed by atoms with E-state index in [2.05, 4.69) is 50.5 Å². The fourth-order valence-electron chi connectivity index (χ4n) is 3.16. The normalized spacial score (nSPS) is 25.4. The van der Waals surface area contributed by atoms with E-state index in [9.17, 15) is 0 Å². The molecule has 1 nitrogen and oxygen atoms in total. The van der Waals surface area contributed by atoms with Gasteiger partial charge in [0, 0.05) is 6.04 Å². The van der Waals surface area contributed by atoms with E-state index in [0.717, 1.165) is 11.8 Å². The van der Waals surface area contributed by atoms with Crippen molar-refractivity contribution in [3.8, 4) is 0 Å². The van der Waals surface area contributed by atoms with E-state index >= 15 is 0 Å². The van der Waals surface area contributed by atoms with Crippen molar-refractivity contribution < 1.29 is 0 Å². The number of nitrogens with one attached hydrogen (secondary N) is 1. The topological polar surface area (TPSA) is 12.0 Å². The van der Waals surface area contributed by atoms with Crippen molar-refractivity contribution in [1.82, 2.24) is 5.32 Å². The van der Waals surface area contributed by atoms with Gasteiger partial charge < -0.3 is 5.32 Å². The van der Waals surface area contributed by atoms with Crippen LogP contribution in [0, 0.1) is 11.8 Å². The SMILES string of the molecule is CCC(C)CC1CCc2ccccc2C1NC. The molecule has 0 saturated carbocycles. The fourth-order valence-corrected chi connectivity index (χ4v) is 3.16. The van der Waals surface area contributed by atoms with E-state index < -0.39 is 0 Å². The second kappa shape index (κ2) is 5.68. The molecular formula is C16H25N. The summed E-state index contributed by atoms with van der Waals surface area (Å²) in [5.41, 5.74) is 3.09. The molecule has 0 aromatic heterocycles. The summed E-state index contributed by atoms with van der Waals surface area (Å²) >= 11 is 0. The summed E-state index contributed by atoms with van der Waals surface area (Å²) in [6, 6.07) is 9.50. The number of benzene rings is 1. The summed E-state index contributed by atoms with van der Waals surface area (Å²) in [6.07, 6.45) is 5.26. The third kappa shape index (κ3) is 2.71. The van der Waals surface area contributed by atoms with E-state index in [4.69, 9.17) is 0 Å². The Morgan fingerprint density at radius 1 is 1.35 bits per heavy atom. The van der Waals surface area contributed by atoms with Crippen LogP contribution in [0.25, 0.3) is 0 Å². The summed E-state index contributed by atoms with van der Waals surface area (Å²) in [4.78, 5) is 0. The van der Waals surface area contributed by atoms with E-state index in [1.165, 1.54) is 31.2 Å². The van der Waals surface area contributed by atoms with E-state index in [0.29, 0.717) is 6.04 Å². The van der Waals surface area contributed by atoms with Crippen LogP contribution in [0.1, 0.15) is 50.3 Å². The summed E-state index contributed by atoms with van der Waals surface area (Å²) < 4.78 is 0. The third-order valence-electron chi connectivity index (χ3n) is 4.36. The lowest BCUT2D eigenvalue weighted by Gasteiger charge is -2.35. The maximum atomic E-state index is 3.54. The van der Waals surface area contributed by atoms with Crippen LogP contribution >= 0.6 is 0 Å². The molecule has 0 spiro atoms. The maximum absolute atomic E-state index is 3.54. The number of rotatable bonds is 4. The van der Waals surface area contributed by atoms with Crippen LogP contribution in [0.3, 0.4) is 0 Å². The van der Waals surface area contributed by atoms with Crippen LogP contribution < -0.4 is 5.32 Å². The molecule has 1 aromatic rings. The van der Waals surface area contributed by atoms with Crippen LogP contribution in [0.15, 0.2) is 24.3 Å². The molecule has 0 bridgehead atoms. The molecule has 1 aromatic carbocycles. The summed E-state index contributed by atoms with van der Waals surface area (Å²) in [6.45, 7) is 4.68. The molecule has 1 aliphatic rings. The maximum Gasteiger partial charge on any atom is 0.0349 e. The smallest absolute Gasteiger partial charge is 0.0349 e. The Bertz CT molecular complexity index is 358. The molecule has 0 heterocycles. The van der Waals surface area contributed by atoms with Gasteiger partial charge in [0.15, 0.2) is 0 Å². The van der Waals surface area contributed by atoms with Gasteiger partial charge in [0.05, 0.1) is 0 Å². The van der Waals surface area contributed by atoms with Gasteiger partial charge in [0.1, 0.15) is 0 Å². The Balaban J connectivity index is 2.17. The van der Waals surface area contributed by atoms with Gasteiger partial charge in [0.2, 0.25) is 0 Å². The van der Waals surface area contributed by atoms with Crippen molar-refractivity contribution >= 4 is 0 Å². The number of aryl methyl sites for hydroxylation is 1. The Hall–Kier alpha value is -0.820. The minimum atomic E-state index is 0.564. The predicted octanol–water partition coefficient (Wildman–Crippen LogP) is 3.95. The van der Waals surface area contributed by atoms with Crippen molar-refractivity contribution in [1.29, 1.82) is 0 Å². The minimum Gasteiger partial charge on any atom is -0.313 e. The number of hydrogen-bond acceptors (Lipinski definition) is 1. The molecule has 17 heavy (non-hydrogen) atoms. The van der Waals surface area contributed by atoms with E-state index in [-0.39, 0.29) is 0 Å². The standard InChI is InChI=1S/C16H25N/c1-4-12(2)11-14-10-9-13-7-5-6-8-15(13)16(14)17-3/h5-8,12,14,16-17H,4,9-11H2,1-3H3. The molecule has 0 fully saturated rings. The van der Waals surface area contributed by atoms with E-state index in [1.807, 2.05) is 0 Å². The average Bonchev–Trinajstić information content (AvgIpc) is 2.38. The first-order chi connectivity index (χ1) is 8.26. The van der Waals surface area contributed by atoms with Gasteiger partial charge >= 0.3 is 0 Å². The molecule has 3 atom stereocenters. The van der Waals surface area contributed by atoms with Crippen molar-refractivity contribution in [2.45, 2.75) is 45.6 Å². The van der Waals surface area contributed by atoms with Crippen molar-refractivity contribution in [2.24, 2.45) is 11.8 Å². The molecule has 0 saturated heterocycles. The zero-order valence-corrected chi connectivity index (χ0v) is 11.4. The van der Waals surface area contributed by atoms with Gasteiger partial charge in [-0.3, -0.25) is 0 Å². The van der Waals surface area contributed by atoms with Crippen LogP contribution in [0.2, 0.25) is 0 Å². The van der Waals surface area contributed by atoms with Gasteiger partial charge in [-0.1, -0.05) is 44.5 Å². The van der Waals surface area contributed by atoms with Crippen LogP contribution in [-0.2, 0) is 6.42 Å². The largest absolute Gasteiger partial charge is 0.313 e. The first kappa shape index (κ1) is 12.6. The number of fused-ring (bicyclic) bond motifs is 1. The molecular weight excluding hydrogens is 206 g/mol. The highest BCUT2D eigenvalue weighted by Crippen LogP contribution is 2.37. The molecule has 1 N–H and O–H groups in total. The number of hydrogen-bond donors (Lipinski definition) is 1. The van der Waals surface area contributed by atoms with Gasteiger partial charge in [-0.25, -0.2) is 0 Å². The van der Waals surface area contributed by atoms with Gasteiger partial charge in [-0.2, -0.15) is 0 Å². The molecule has 94 valence electrons. The monoisotopic (exact) mass is 231 g/mol. The average molecular weight is 231 g/mol. The lowest BCUT2D eigenvalue weighted by molar-refractivity contribution is 0.274. The third-order valence-corrected chi connectivity index (χ3v) is 4.36. The molecule has 3 unspecified atom stereocenters. The molecule has 0 aliphatic heterocycles. The van der Waals surface area contributed by atoms with Crippen molar-refractivity contribution in [3.05, 3.63) is 35.4 Å². The second-order valence-electron chi connectivity index (χ2n) is 5.51. The summed E-state index contributed by atoms with van der Waals surface area (Å²) in [7, 11) is 2.11. The zero-order chi connectivity index (χ0) is 12.3. The Kier molecular flexibility index (Phi) is 4.22. The van der Waals surface area contributed by atoms with Gasteiger partial charge in [-0.05, 0) is 49.3 Å². The molecule has 0 amide bonds. The predicted molar refractivity (Wildman–Crippen MR) is 74.1 cm³/mol. The summed E-state index contributed by atoms with van der Waals surface area (Å²) in [5.74, 6) is 1.66. The fraction of sp³-hybridized carbons (Fsp3) is 0.625. The minimum absolute atomic E-state index is 0.564. The zero-order valence-electron chi connectivity index (χ0n) is 11.4. The first-order valence-corrected chi connectivity index (χ1v) is 7.01. The highest BCUT2D eigenvalue weighted by atomic mass is 14.9. The molecule has 1 aliphatic carbocycles. The first-order valence-electron chi connectivity index (χ1n) is 7.01. The quantitative estimate of drug-likeness (QED) is 0.827. The highest BCUT2D eigenvalue weighted by Gasteiger charge is 2.28. The second-order valence-corrected chi connectivity index (χ2v) is 5.51. The van der Waals surface area contributed by atoms with Crippen molar-refractivity contribution in [3.63, 3.8) is 0 Å².